The molecule has 1 fully saturated rings. The number of benzene rings is 2. The molecule has 0 atom stereocenters. The number of hydrogen-bond donors (Lipinski definition) is 1. The van der Waals surface area contributed by atoms with Crippen LogP contribution in [0.15, 0.2) is 47.4 Å². The van der Waals surface area contributed by atoms with Crippen LogP contribution in [0, 0.1) is 13.8 Å². The summed E-state index contributed by atoms with van der Waals surface area (Å²) in [5.41, 5.74) is 3.19. The predicted octanol–water partition coefficient (Wildman–Crippen LogP) is 4.64. The average Bonchev–Trinajstić information content (AvgIpc) is 2.94. The molecule has 1 saturated heterocycles. The lowest BCUT2D eigenvalue weighted by Gasteiger charge is -2.12. The summed E-state index contributed by atoms with van der Waals surface area (Å²) < 4.78 is 12.2. The SMILES string of the molecule is Cc1cccc(C)c1OCCCOc1cccc(C=C2SC(=S)NC2=O)c1. The lowest BCUT2D eigenvalue weighted by molar-refractivity contribution is -0.115. The quantitative estimate of drug-likeness (QED) is 0.418. The Morgan fingerprint density at radius 1 is 1.07 bits per heavy atom. The number of aryl methyl sites for hydroxylation is 2. The third kappa shape index (κ3) is 5.34. The van der Waals surface area contributed by atoms with Crippen LogP contribution in [0.4, 0.5) is 0 Å². The van der Waals surface area contributed by atoms with Gasteiger partial charge in [0.15, 0.2) is 0 Å². The van der Waals surface area contributed by atoms with Crippen molar-refractivity contribution in [2.75, 3.05) is 13.2 Å². The predicted molar refractivity (Wildman–Crippen MR) is 114 cm³/mol. The van der Waals surface area contributed by atoms with Crippen LogP contribution in [0.5, 0.6) is 11.5 Å². The number of para-hydroxylation sites is 1. The lowest BCUT2D eigenvalue weighted by Crippen LogP contribution is -2.17. The molecule has 2 aromatic carbocycles. The van der Waals surface area contributed by atoms with Gasteiger partial charge in [0.25, 0.3) is 5.91 Å². The maximum atomic E-state index is 11.7. The fourth-order valence-corrected chi connectivity index (χ4v) is 3.76. The van der Waals surface area contributed by atoms with Gasteiger partial charge >= 0.3 is 0 Å². The molecule has 0 radical (unpaired) electrons. The van der Waals surface area contributed by atoms with Crippen molar-refractivity contribution in [3.8, 4) is 11.5 Å². The molecule has 3 rings (SSSR count). The fraction of sp³-hybridized carbons (Fsp3) is 0.238. The highest BCUT2D eigenvalue weighted by atomic mass is 32.2. The molecule has 1 N–H and O–H groups in total. The van der Waals surface area contributed by atoms with Crippen LogP contribution in [0.25, 0.3) is 6.08 Å². The van der Waals surface area contributed by atoms with E-state index in [-0.39, 0.29) is 5.91 Å². The minimum atomic E-state index is -0.153. The Labute approximate surface area is 168 Å². The van der Waals surface area contributed by atoms with Crippen molar-refractivity contribution in [1.29, 1.82) is 0 Å². The molecule has 0 aromatic heterocycles. The van der Waals surface area contributed by atoms with Crippen molar-refractivity contribution < 1.29 is 14.3 Å². The molecule has 0 aliphatic carbocycles. The number of amides is 1. The van der Waals surface area contributed by atoms with Crippen LogP contribution in [0.3, 0.4) is 0 Å². The van der Waals surface area contributed by atoms with Gasteiger partial charge in [-0.2, -0.15) is 0 Å². The van der Waals surface area contributed by atoms with Gasteiger partial charge in [-0.15, -0.1) is 0 Å². The monoisotopic (exact) mass is 399 g/mol. The van der Waals surface area contributed by atoms with E-state index in [9.17, 15) is 4.79 Å². The van der Waals surface area contributed by atoms with Crippen molar-refractivity contribution in [3.63, 3.8) is 0 Å². The number of carbonyl (C=O) groups excluding carboxylic acids is 1. The van der Waals surface area contributed by atoms with Crippen LogP contribution in [0.2, 0.25) is 0 Å². The first-order valence-corrected chi connectivity index (χ1v) is 9.92. The molecule has 4 nitrogen and oxygen atoms in total. The molecule has 0 bridgehead atoms. The van der Waals surface area contributed by atoms with Crippen LogP contribution in [0.1, 0.15) is 23.1 Å². The van der Waals surface area contributed by atoms with Gasteiger partial charge in [-0.05, 0) is 48.7 Å². The summed E-state index contributed by atoms with van der Waals surface area (Å²) >= 11 is 6.28. The van der Waals surface area contributed by atoms with E-state index in [2.05, 4.69) is 31.3 Å². The largest absolute Gasteiger partial charge is 0.493 e. The second kappa shape index (κ2) is 9.06. The van der Waals surface area contributed by atoms with Gasteiger partial charge in [-0.25, -0.2) is 0 Å². The summed E-state index contributed by atoms with van der Waals surface area (Å²) in [6.45, 7) is 5.26. The third-order valence-corrected chi connectivity index (χ3v) is 5.17. The smallest absolute Gasteiger partial charge is 0.263 e. The molecular weight excluding hydrogens is 378 g/mol. The van der Waals surface area contributed by atoms with Crippen molar-refractivity contribution in [2.24, 2.45) is 0 Å². The van der Waals surface area contributed by atoms with Crippen molar-refractivity contribution >= 4 is 40.3 Å². The number of rotatable bonds is 7. The average molecular weight is 400 g/mol. The van der Waals surface area contributed by atoms with E-state index in [0.29, 0.717) is 22.4 Å². The molecule has 1 aliphatic rings. The molecular formula is C21H21NO3S2. The molecule has 1 heterocycles. The van der Waals surface area contributed by atoms with Crippen molar-refractivity contribution in [1.82, 2.24) is 5.32 Å². The zero-order valence-electron chi connectivity index (χ0n) is 15.3. The zero-order chi connectivity index (χ0) is 19.2. The van der Waals surface area contributed by atoms with Crippen LogP contribution >= 0.6 is 24.0 Å². The van der Waals surface area contributed by atoms with E-state index in [1.807, 2.05) is 36.4 Å². The first kappa shape index (κ1) is 19.5. The number of ether oxygens (including phenoxy) is 2. The highest BCUT2D eigenvalue weighted by Crippen LogP contribution is 2.27. The van der Waals surface area contributed by atoms with Crippen molar-refractivity contribution in [3.05, 3.63) is 64.1 Å². The first-order valence-electron chi connectivity index (χ1n) is 8.69. The van der Waals surface area contributed by atoms with E-state index >= 15 is 0 Å². The van der Waals surface area contributed by atoms with Gasteiger partial charge < -0.3 is 14.8 Å². The Morgan fingerprint density at radius 2 is 1.78 bits per heavy atom. The Morgan fingerprint density at radius 3 is 2.48 bits per heavy atom. The minimum Gasteiger partial charge on any atom is -0.493 e. The Bertz CT molecular complexity index is 872. The highest BCUT2D eigenvalue weighted by Gasteiger charge is 2.21. The van der Waals surface area contributed by atoms with E-state index in [4.69, 9.17) is 21.7 Å². The lowest BCUT2D eigenvalue weighted by atomic mass is 10.1. The number of thioether (sulfide) groups is 1. The van der Waals surface area contributed by atoms with Gasteiger partial charge in [0, 0.05) is 6.42 Å². The Kier molecular flexibility index (Phi) is 6.53. The van der Waals surface area contributed by atoms with Gasteiger partial charge in [-0.1, -0.05) is 54.3 Å². The molecule has 0 saturated carbocycles. The van der Waals surface area contributed by atoms with Crippen LogP contribution in [-0.2, 0) is 4.79 Å². The molecule has 1 aliphatic heterocycles. The second-order valence-corrected chi connectivity index (χ2v) is 7.91. The minimum absolute atomic E-state index is 0.153. The van der Waals surface area contributed by atoms with Gasteiger partial charge in [0.1, 0.15) is 15.8 Å². The summed E-state index contributed by atoms with van der Waals surface area (Å²) in [4.78, 5) is 12.3. The van der Waals surface area contributed by atoms with E-state index in [0.717, 1.165) is 34.6 Å². The second-order valence-electron chi connectivity index (χ2n) is 6.20. The molecule has 6 heteroatoms. The number of thiocarbonyl (C=S) groups is 1. The van der Waals surface area contributed by atoms with E-state index < -0.39 is 0 Å². The van der Waals surface area contributed by atoms with Crippen LogP contribution < -0.4 is 14.8 Å². The molecule has 0 spiro atoms. The Hall–Kier alpha value is -2.31. The maximum absolute atomic E-state index is 11.7. The third-order valence-electron chi connectivity index (χ3n) is 4.01. The summed E-state index contributed by atoms with van der Waals surface area (Å²) in [5.74, 6) is 1.57. The number of hydrogen-bond acceptors (Lipinski definition) is 5. The van der Waals surface area contributed by atoms with Gasteiger partial charge in [-0.3, -0.25) is 4.79 Å². The first-order chi connectivity index (χ1) is 13.0. The summed E-state index contributed by atoms with van der Waals surface area (Å²) in [7, 11) is 0. The van der Waals surface area contributed by atoms with Gasteiger partial charge in [0.2, 0.25) is 0 Å². The molecule has 1 amide bonds. The molecule has 2 aromatic rings. The van der Waals surface area contributed by atoms with E-state index in [1.54, 1.807) is 0 Å². The number of carbonyl (C=O) groups is 1. The van der Waals surface area contributed by atoms with Crippen LogP contribution in [-0.4, -0.2) is 23.4 Å². The standard InChI is InChI=1S/C21H21NO3S2/c1-14-6-3-7-15(2)19(14)25-11-5-10-24-17-9-4-8-16(12-17)13-18-20(23)22-21(26)27-18/h3-4,6-9,12-13H,5,10-11H2,1-2H3,(H,22,23,26). The topological polar surface area (TPSA) is 47.6 Å². The number of nitrogens with one attached hydrogen (secondary N) is 1. The zero-order valence-corrected chi connectivity index (χ0v) is 16.9. The molecule has 27 heavy (non-hydrogen) atoms. The van der Waals surface area contributed by atoms with Gasteiger partial charge in [0.05, 0.1) is 18.1 Å². The van der Waals surface area contributed by atoms with E-state index in [1.165, 1.54) is 11.8 Å². The normalized spacial score (nSPS) is 15.1. The highest BCUT2D eigenvalue weighted by molar-refractivity contribution is 8.26. The van der Waals surface area contributed by atoms with Crippen molar-refractivity contribution in [2.45, 2.75) is 20.3 Å². The summed E-state index contributed by atoms with van der Waals surface area (Å²) in [6.07, 6.45) is 2.60. The summed E-state index contributed by atoms with van der Waals surface area (Å²) in [6, 6.07) is 13.8. The fourth-order valence-electron chi connectivity index (χ4n) is 2.72. The Balaban J connectivity index is 1.50. The molecule has 140 valence electrons. The molecule has 0 unspecified atom stereocenters. The maximum Gasteiger partial charge on any atom is 0.263 e. The summed E-state index contributed by atoms with van der Waals surface area (Å²) in [5, 5.41) is 2.61.